The van der Waals surface area contributed by atoms with Gasteiger partial charge in [-0.05, 0) is 24.3 Å². The van der Waals surface area contributed by atoms with Crippen molar-refractivity contribution < 1.29 is 18.9 Å². The summed E-state index contributed by atoms with van der Waals surface area (Å²) in [5, 5.41) is 18.1. The van der Waals surface area contributed by atoms with Crippen molar-refractivity contribution in [2.75, 3.05) is 39.9 Å². The first-order valence-electron chi connectivity index (χ1n) is 12.9. The standard InChI is InChI=1S/C30H26N2O4S7/c1-33-17-7-9-19(21(15-17)35-3)23-25-26(24(39-23)20-10-8-18(34-2)16-22(20)36-4)41-29(40-25)30-42-27(37-13-5-11-31)28(43-30)38-14-6-12-32/h7-10,15-16H,5-6,13-14H2,1-4H3. The highest BCUT2D eigenvalue weighted by Crippen LogP contribution is 2.68. The van der Waals surface area contributed by atoms with Gasteiger partial charge >= 0.3 is 0 Å². The number of thiophene rings is 1. The molecule has 0 radical (unpaired) electrons. The largest absolute Gasteiger partial charge is 0.497 e. The topological polar surface area (TPSA) is 84.5 Å². The van der Waals surface area contributed by atoms with Gasteiger partial charge in [0.2, 0.25) is 0 Å². The predicted octanol–water partition coefficient (Wildman–Crippen LogP) is 10.3. The number of benzene rings is 2. The van der Waals surface area contributed by atoms with Crippen LogP contribution in [0, 0.1) is 22.7 Å². The van der Waals surface area contributed by atoms with Crippen molar-refractivity contribution in [3.63, 3.8) is 0 Å². The lowest BCUT2D eigenvalue weighted by atomic mass is 10.1. The molecule has 13 heteroatoms. The second-order valence-corrected chi connectivity index (χ2v) is 17.0. The number of hydrogen-bond acceptors (Lipinski definition) is 13. The maximum Gasteiger partial charge on any atom is 0.131 e. The van der Waals surface area contributed by atoms with E-state index in [4.69, 9.17) is 29.5 Å². The minimum absolute atomic E-state index is 0.502. The van der Waals surface area contributed by atoms with Crippen LogP contribution in [0.4, 0.5) is 0 Å². The Kier molecular flexibility index (Phi) is 11.5. The van der Waals surface area contributed by atoms with Gasteiger partial charge in [0, 0.05) is 57.4 Å². The molecule has 43 heavy (non-hydrogen) atoms. The van der Waals surface area contributed by atoms with E-state index in [0.717, 1.165) is 55.4 Å². The number of ether oxygens (including phenoxy) is 4. The molecule has 0 fully saturated rings. The van der Waals surface area contributed by atoms with Gasteiger partial charge in [0.05, 0.1) is 67.3 Å². The molecule has 0 bridgehead atoms. The van der Waals surface area contributed by atoms with Crippen molar-refractivity contribution in [1.82, 2.24) is 0 Å². The molecule has 0 N–H and O–H groups in total. The van der Waals surface area contributed by atoms with E-state index >= 15 is 0 Å². The predicted molar refractivity (Wildman–Crippen MR) is 188 cm³/mol. The van der Waals surface area contributed by atoms with Gasteiger partial charge in [-0.1, -0.05) is 47.0 Å². The molecule has 2 aliphatic rings. The van der Waals surface area contributed by atoms with E-state index in [2.05, 4.69) is 24.3 Å². The van der Waals surface area contributed by atoms with Crippen molar-refractivity contribution in [3.8, 4) is 56.0 Å². The second kappa shape index (κ2) is 15.3. The van der Waals surface area contributed by atoms with Crippen LogP contribution < -0.4 is 18.9 Å². The third-order valence-electron chi connectivity index (χ3n) is 6.12. The number of nitriles is 2. The van der Waals surface area contributed by atoms with Gasteiger partial charge in [-0.25, -0.2) is 0 Å². The lowest BCUT2D eigenvalue weighted by Gasteiger charge is -2.11. The fraction of sp³-hybridized carbons (Fsp3) is 0.267. The van der Waals surface area contributed by atoms with E-state index in [1.807, 2.05) is 24.3 Å². The summed E-state index contributed by atoms with van der Waals surface area (Å²) >= 11 is 12.3. The van der Waals surface area contributed by atoms with E-state index in [0.29, 0.717) is 12.8 Å². The number of thioether (sulfide) groups is 6. The summed E-state index contributed by atoms with van der Waals surface area (Å²) in [5.74, 6) is 4.48. The average Bonchev–Trinajstić information content (AvgIpc) is 3.74. The third kappa shape index (κ3) is 7.09. The Morgan fingerprint density at radius 3 is 1.47 bits per heavy atom. The van der Waals surface area contributed by atoms with Crippen LogP contribution in [0.25, 0.3) is 20.9 Å². The fourth-order valence-corrected chi connectivity index (χ4v) is 14.5. The minimum atomic E-state index is 0.502. The normalized spacial score (nSPS) is 14.0. The minimum Gasteiger partial charge on any atom is -0.497 e. The van der Waals surface area contributed by atoms with Gasteiger partial charge < -0.3 is 18.9 Å². The molecule has 0 saturated heterocycles. The Morgan fingerprint density at radius 2 is 1.07 bits per heavy atom. The zero-order chi connectivity index (χ0) is 30.3. The average molecular weight is 703 g/mol. The molecule has 222 valence electrons. The summed E-state index contributed by atoms with van der Waals surface area (Å²) in [6.45, 7) is 0. The lowest BCUT2D eigenvalue weighted by molar-refractivity contribution is 0.395. The van der Waals surface area contributed by atoms with Crippen molar-refractivity contribution >= 4 is 81.9 Å². The highest BCUT2D eigenvalue weighted by Gasteiger charge is 2.35. The van der Waals surface area contributed by atoms with Crippen LogP contribution in [0.1, 0.15) is 12.8 Å². The fourth-order valence-electron chi connectivity index (χ4n) is 4.11. The third-order valence-corrected chi connectivity index (χ3v) is 16.3. The summed E-state index contributed by atoms with van der Waals surface area (Å²) in [5.41, 5.74) is 2.01. The molecule has 0 spiro atoms. The first-order valence-corrected chi connectivity index (χ1v) is 18.9. The van der Waals surface area contributed by atoms with Crippen molar-refractivity contribution in [2.45, 2.75) is 22.6 Å². The maximum atomic E-state index is 9.07. The molecule has 0 amide bonds. The van der Waals surface area contributed by atoms with E-state index in [1.165, 1.54) is 26.7 Å². The summed E-state index contributed by atoms with van der Waals surface area (Å²) in [4.78, 5) is 4.64. The van der Waals surface area contributed by atoms with Crippen molar-refractivity contribution in [2.24, 2.45) is 0 Å². The number of rotatable bonds is 12. The first kappa shape index (κ1) is 32.3. The van der Waals surface area contributed by atoms with Crippen LogP contribution in [0.3, 0.4) is 0 Å². The molecule has 2 aliphatic heterocycles. The van der Waals surface area contributed by atoms with E-state index in [9.17, 15) is 0 Å². The summed E-state index contributed by atoms with van der Waals surface area (Å²) in [6, 6.07) is 16.4. The molecule has 5 rings (SSSR count). The Hall–Kier alpha value is -2.10. The molecule has 0 atom stereocenters. The van der Waals surface area contributed by atoms with Crippen LogP contribution in [-0.4, -0.2) is 39.9 Å². The second-order valence-electron chi connectivity index (χ2n) is 8.62. The highest BCUT2D eigenvalue weighted by molar-refractivity contribution is 8.42. The molecular formula is C30H26N2O4S7. The summed E-state index contributed by atoms with van der Waals surface area (Å²) < 4.78 is 27.5. The molecule has 6 nitrogen and oxygen atoms in total. The van der Waals surface area contributed by atoms with Crippen LogP contribution in [0.15, 0.2) is 63.1 Å². The molecule has 2 aromatic carbocycles. The number of hydrogen-bond donors (Lipinski definition) is 0. The van der Waals surface area contributed by atoms with Gasteiger partial charge in [0.1, 0.15) is 23.0 Å². The van der Waals surface area contributed by atoms with Crippen molar-refractivity contribution in [3.05, 3.63) is 53.3 Å². The Bertz CT molecular complexity index is 1550. The molecule has 0 saturated carbocycles. The molecule has 3 aromatic rings. The molecule has 0 aliphatic carbocycles. The van der Waals surface area contributed by atoms with Gasteiger partial charge in [0.25, 0.3) is 0 Å². The summed E-state index contributed by atoms with van der Waals surface area (Å²) in [6.07, 6.45) is 1.00. The molecule has 0 unspecified atom stereocenters. The molecule has 3 heterocycles. The summed E-state index contributed by atoms with van der Waals surface area (Å²) in [7, 11) is 6.68. The molecule has 1 aromatic heterocycles. The van der Waals surface area contributed by atoms with E-state index in [1.54, 1.807) is 110 Å². The van der Waals surface area contributed by atoms with Gasteiger partial charge in [-0.2, -0.15) is 10.5 Å². The first-order chi connectivity index (χ1) is 21.0. The Morgan fingerprint density at radius 1 is 0.628 bits per heavy atom. The number of methoxy groups -OCH3 is 4. The van der Waals surface area contributed by atoms with Crippen molar-refractivity contribution in [1.29, 1.82) is 10.5 Å². The zero-order valence-corrected chi connectivity index (χ0v) is 29.4. The van der Waals surface area contributed by atoms with E-state index in [-0.39, 0.29) is 0 Å². The van der Waals surface area contributed by atoms with Crippen LogP contribution in [0.2, 0.25) is 0 Å². The smallest absolute Gasteiger partial charge is 0.131 e. The molecular weight excluding hydrogens is 677 g/mol. The zero-order valence-electron chi connectivity index (χ0n) is 23.7. The van der Waals surface area contributed by atoms with Gasteiger partial charge in [-0.3, -0.25) is 0 Å². The van der Waals surface area contributed by atoms with Gasteiger partial charge in [-0.15, -0.1) is 34.9 Å². The van der Waals surface area contributed by atoms with Crippen LogP contribution in [-0.2, 0) is 0 Å². The number of fused-ring (bicyclic) bond motifs is 1. The number of nitrogens with zero attached hydrogens (tertiary/aromatic N) is 2. The van der Waals surface area contributed by atoms with Gasteiger partial charge in [0.15, 0.2) is 0 Å². The van der Waals surface area contributed by atoms with Crippen LogP contribution in [0.5, 0.6) is 23.0 Å². The SMILES string of the molecule is COc1ccc(-c2sc(-c3ccc(OC)cc3OC)c3c2SC(=C2SC(SCCC#N)=C(SCCC#N)S2)S3)c(OC)c1. The maximum absolute atomic E-state index is 9.07. The van der Waals surface area contributed by atoms with Crippen LogP contribution >= 0.6 is 81.9 Å². The Balaban J connectivity index is 1.58. The quantitative estimate of drug-likeness (QED) is 0.168. The van der Waals surface area contributed by atoms with E-state index < -0.39 is 0 Å². The highest BCUT2D eigenvalue weighted by atomic mass is 32.3. The Labute approximate surface area is 281 Å². The lowest BCUT2D eigenvalue weighted by Crippen LogP contribution is -1.90. The monoisotopic (exact) mass is 702 g/mol.